The highest BCUT2D eigenvalue weighted by molar-refractivity contribution is 6.23. The Morgan fingerprint density at radius 2 is 0.765 bits per heavy atom. The molecule has 11 rings (SSSR count). The van der Waals surface area contributed by atoms with Gasteiger partial charge in [-0.25, -0.2) is 0 Å². The summed E-state index contributed by atoms with van der Waals surface area (Å²) in [6, 6.07) is 58.1. The molecule has 0 atom stereocenters. The summed E-state index contributed by atoms with van der Waals surface area (Å²) in [5.41, 5.74) is 6.30. The third-order valence-corrected chi connectivity index (χ3v) is 10.1. The van der Waals surface area contributed by atoms with Crippen molar-refractivity contribution in [1.29, 1.82) is 0 Å². The van der Waals surface area contributed by atoms with E-state index in [1.54, 1.807) is 0 Å². The molecule has 0 spiro atoms. The topological polar surface area (TPSA) is 25.8 Å². The monoisotopic (exact) mass is 903 g/mol. The number of benzene rings is 9. The zero-order valence-electron chi connectivity index (χ0n) is 44.6. The maximum absolute atomic E-state index is 4.24. The van der Waals surface area contributed by atoms with Gasteiger partial charge in [0.1, 0.15) is 0 Å². The van der Waals surface area contributed by atoms with Gasteiger partial charge in [0, 0.05) is 29.4 Å². The minimum absolute atomic E-state index is 1.08. The molecule has 2 heteroatoms. The van der Waals surface area contributed by atoms with Crippen LogP contribution in [0.4, 0.5) is 0 Å². The van der Waals surface area contributed by atoms with Gasteiger partial charge >= 0.3 is 0 Å². The maximum atomic E-state index is 4.24. The molecule has 68 heavy (non-hydrogen) atoms. The molecule has 0 amide bonds. The second-order valence-electron chi connectivity index (χ2n) is 15.6. The van der Waals surface area contributed by atoms with Gasteiger partial charge in [0.15, 0.2) is 0 Å². The third-order valence-electron chi connectivity index (χ3n) is 10.1. The van der Waals surface area contributed by atoms with E-state index in [-0.39, 0.29) is 0 Å². The van der Waals surface area contributed by atoms with Crippen molar-refractivity contribution in [2.45, 2.75) is 124 Å². The molecule has 0 aliphatic rings. The molecule has 0 aliphatic heterocycles. The van der Waals surface area contributed by atoms with E-state index in [9.17, 15) is 0 Å². The Morgan fingerprint density at radius 1 is 0.324 bits per heavy atom. The summed E-state index contributed by atoms with van der Waals surface area (Å²) in [6.07, 6.45) is 8.03. The molecule has 2 nitrogen and oxygen atoms in total. The van der Waals surface area contributed by atoms with Crippen LogP contribution in [0.3, 0.4) is 0 Å². The van der Waals surface area contributed by atoms with E-state index in [1.807, 2.05) is 86.1 Å². The van der Waals surface area contributed by atoms with Gasteiger partial charge in [0.25, 0.3) is 0 Å². The Bertz CT molecular complexity index is 2940. The predicted octanol–water partition coefficient (Wildman–Crippen LogP) is 21.2. The minimum atomic E-state index is 1.08. The number of nitrogens with zero attached hydrogens (tertiary/aromatic N) is 2. The largest absolute Gasteiger partial charge is 0.264 e. The molecule has 0 aliphatic carbocycles. The van der Waals surface area contributed by atoms with Gasteiger partial charge in [-0.05, 0) is 128 Å². The fourth-order valence-corrected chi connectivity index (χ4v) is 7.53. The van der Waals surface area contributed by atoms with E-state index in [4.69, 9.17) is 0 Å². The molecule has 356 valence electrons. The van der Waals surface area contributed by atoms with Gasteiger partial charge in [0.2, 0.25) is 0 Å². The average molecular weight is 903 g/mol. The molecule has 0 bridgehead atoms. The summed E-state index contributed by atoms with van der Waals surface area (Å²) >= 11 is 0. The standard InChI is InChI=1S/C17H12.C15H12.2C10H9N.2C3H8.4C2H6/c1-11-9-14-7-5-12-3-2-4-13-6-8-15(10-11)17(14)16(12)13;1-11-10-12-6-2-3-8-14(12)15-9-5-4-7-13(11)15;1-8-2-3-9-4-5-11-7-10(9)6-8;1-8-4-5-9-3-2-6-11-10(9)7-8;2*1-3-2;4*1-2/h2-10H,1H3;2-10H,1H3;2*2-7H,1H3;2*3H2,1-2H3;4*1-2H3. The first kappa shape index (κ1) is 57.5. The van der Waals surface area contributed by atoms with Crippen molar-refractivity contribution < 1.29 is 0 Å². The highest BCUT2D eigenvalue weighted by atomic mass is 14.6. The Balaban J connectivity index is 0.000000289. The fourth-order valence-electron chi connectivity index (χ4n) is 7.53. The molecular weight excluding hydrogens is 821 g/mol. The molecular formula is C66H82N2. The first-order chi connectivity index (χ1) is 33.2. The van der Waals surface area contributed by atoms with E-state index < -0.39 is 0 Å². The fraction of sp³-hybridized carbons (Fsp3) is 0.273. The molecule has 0 unspecified atom stereocenters. The van der Waals surface area contributed by atoms with E-state index in [0.717, 1.165) is 5.52 Å². The van der Waals surface area contributed by atoms with Crippen molar-refractivity contribution in [2.75, 3.05) is 0 Å². The Morgan fingerprint density at radius 3 is 1.37 bits per heavy atom. The van der Waals surface area contributed by atoms with Crippen molar-refractivity contribution in [2.24, 2.45) is 0 Å². The molecule has 2 heterocycles. The summed E-state index contributed by atoms with van der Waals surface area (Å²) < 4.78 is 0. The number of rotatable bonds is 0. The van der Waals surface area contributed by atoms with Crippen LogP contribution in [0.15, 0.2) is 182 Å². The van der Waals surface area contributed by atoms with Crippen molar-refractivity contribution in [3.8, 4) is 0 Å². The molecule has 2 aromatic heterocycles. The van der Waals surface area contributed by atoms with Crippen LogP contribution in [0.2, 0.25) is 0 Å². The van der Waals surface area contributed by atoms with Gasteiger partial charge < -0.3 is 0 Å². The summed E-state index contributed by atoms with van der Waals surface area (Å²) in [5.74, 6) is 0. The molecule has 0 saturated heterocycles. The lowest BCUT2D eigenvalue weighted by molar-refractivity contribution is 1.09. The second kappa shape index (κ2) is 32.1. The van der Waals surface area contributed by atoms with Crippen LogP contribution in [0, 0.1) is 27.7 Å². The van der Waals surface area contributed by atoms with Crippen LogP contribution in [-0.4, -0.2) is 9.97 Å². The zero-order valence-corrected chi connectivity index (χ0v) is 44.6. The van der Waals surface area contributed by atoms with Crippen LogP contribution in [-0.2, 0) is 0 Å². The van der Waals surface area contributed by atoms with E-state index >= 15 is 0 Å². The van der Waals surface area contributed by atoms with Crippen molar-refractivity contribution in [3.63, 3.8) is 0 Å². The number of hydrogen-bond donors (Lipinski definition) is 0. The lowest BCUT2D eigenvalue weighted by Gasteiger charge is -2.11. The smallest absolute Gasteiger partial charge is 0.0704 e. The molecule has 9 aromatic carbocycles. The normalized spacial score (nSPS) is 9.59. The predicted molar refractivity (Wildman–Crippen MR) is 311 cm³/mol. The summed E-state index contributed by atoms with van der Waals surface area (Å²) in [7, 11) is 0. The Hall–Kier alpha value is -6.64. The van der Waals surface area contributed by atoms with Crippen LogP contribution in [0.25, 0.3) is 75.5 Å². The zero-order chi connectivity index (χ0) is 50.4. The minimum Gasteiger partial charge on any atom is -0.264 e. The van der Waals surface area contributed by atoms with Crippen LogP contribution in [0.5, 0.6) is 0 Å². The molecule has 0 saturated carbocycles. The maximum Gasteiger partial charge on any atom is 0.0704 e. The highest BCUT2D eigenvalue weighted by Crippen LogP contribution is 2.35. The number of aromatic nitrogens is 2. The van der Waals surface area contributed by atoms with Gasteiger partial charge in [-0.1, -0.05) is 241 Å². The van der Waals surface area contributed by atoms with E-state index in [0.29, 0.717) is 0 Å². The number of pyridine rings is 2. The first-order valence-electron chi connectivity index (χ1n) is 25.4. The molecule has 11 aromatic rings. The number of fused-ring (bicyclic) bond motifs is 5. The lowest BCUT2D eigenvalue weighted by Crippen LogP contribution is -1.84. The van der Waals surface area contributed by atoms with Crippen molar-refractivity contribution in [1.82, 2.24) is 9.97 Å². The first-order valence-corrected chi connectivity index (χ1v) is 25.4. The highest BCUT2D eigenvalue weighted by Gasteiger charge is 2.07. The van der Waals surface area contributed by atoms with E-state index in [2.05, 4.69) is 217 Å². The summed E-state index contributed by atoms with van der Waals surface area (Å²) in [4.78, 5) is 8.30. The van der Waals surface area contributed by atoms with Crippen LogP contribution >= 0.6 is 0 Å². The number of aryl methyl sites for hydroxylation is 4. The SMILES string of the molecule is CC.CC.CC.CC.CCC.CCC.Cc1cc2ccc3cccc4ccc(c1)c2c34.Cc1cc2ccccc2c2ccccc12.Cc1ccc2cccnc2c1.Cc1ccc2ccncc2c1. The summed E-state index contributed by atoms with van der Waals surface area (Å²) in [5, 5.41) is 17.3. The van der Waals surface area contributed by atoms with Gasteiger partial charge in [-0.3, -0.25) is 9.97 Å². The lowest BCUT2D eigenvalue weighted by atomic mass is 9.93. The van der Waals surface area contributed by atoms with Crippen molar-refractivity contribution >= 4 is 75.5 Å². The quantitative estimate of drug-likeness (QED) is 0.142. The van der Waals surface area contributed by atoms with Crippen molar-refractivity contribution in [3.05, 3.63) is 205 Å². The Kier molecular flexibility index (Phi) is 27.2. The summed E-state index contributed by atoms with van der Waals surface area (Å²) in [6.45, 7) is 33.0. The van der Waals surface area contributed by atoms with Gasteiger partial charge in [0.05, 0.1) is 5.52 Å². The molecule has 0 radical (unpaired) electrons. The Labute approximate surface area is 411 Å². The molecule has 0 N–H and O–H groups in total. The number of hydrogen-bond acceptors (Lipinski definition) is 2. The van der Waals surface area contributed by atoms with Gasteiger partial charge in [-0.2, -0.15) is 0 Å². The second-order valence-corrected chi connectivity index (χ2v) is 15.6. The van der Waals surface area contributed by atoms with E-state index in [1.165, 1.54) is 105 Å². The average Bonchev–Trinajstić information content (AvgIpc) is 3.39. The third kappa shape index (κ3) is 16.3. The van der Waals surface area contributed by atoms with Crippen LogP contribution < -0.4 is 0 Å². The van der Waals surface area contributed by atoms with Crippen LogP contribution in [0.1, 0.15) is 118 Å². The molecule has 0 fully saturated rings. The van der Waals surface area contributed by atoms with Gasteiger partial charge in [-0.15, -0.1) is 0 Å².